The van der Waals surface area contributed by atoms with E-state index in [0.29, 0.717) is 18.2 Å². The van der Waals surface area contributed by atoms with E-state index in [1.54, 1.807) is 0 Å². The molecule has 23 heavy (non-hydrogen) atoms. The maximum atomic E-state index is 6.18. The first-order chi connectivity index (χ1) is 11.3. The first kappa shape index (κ1) is 14.4. The molecule has 0 fully saturated rings. The van der Waals surface area contributed by atoms with Crippen LogP contribution in [0.4, 0.5) is 0 Å². The lowest BCUT2D eigenvalue weighted by Gasteiger charge is -2.21. The molecule has 1 aliphatic rings. The fourth-order valence-electron chi connectivity index (χ4n) is 2.78. The quantitative estimate of drug-likeness (QED) is 0.682. The number of halogens is 1. The Balaban J connectivity index is 1.59. The van der Waals surface area contributed by atoms with Crippen molar-refractivity contribution in [3.8, 4) is 11.5 Å². The number of ether oxygens (including phenoxy) is 3. The molecule has 0 N–H and O–H groups in total. The Kier molecular flexibility index (Phi) is 3.82. The van der Waals surface area contributed by atoms with Gasteiger partial charge in [0.05, 0.1) is 6.61 Å². The topological polar surface area (TPSA) is 27.7 Å². The van der Waals surface area contributed by atoms with Gasteiger partial charge in [0.15, 0.2) is 6.79 Å². The minimum Gasteiger partial charge on any atom is -0.489 e. The molecule has 0 amide bonds. The lowest BCUT2D eigenvalue weighted by molar-refractivity contribution is -0.0175. The third-order valence-electron chi connectivity index (χ3n) is 3.87. The van der Waals surface area contributed by atoms with Crippen LogP contribution in [0.3, 0.4) is 0 Å². The Morgan fingerprint density at radius 1 is 1.00 bits per heavy atom. The van der Waals surface area contributed by atoms with Gasteiger partial charge in [-0.1, -0.05) is 41.9 Å². The van der Waals surface area contributed by atoms with E-state index >= 15 is 0 Å². The standard InChI is InChI=1S/C19H15ClO3/c20-17-7-15-10-21-12-23-19(15)16(8-17)11-22-18-6-5-13-3-1-2-4-14(13)9-18/h1-9H,10-12H2. The van der Waals surface area contributed by atoms with Crippen LogP contribution in [0.25, 0.3) is 10.8 Å². The second kappa shape index (κ2) is 6.11. The third kappa shape index (κ3) is 2.98. The van der Waals surface area contributed by atoms with Crippen molar-refractivity contribution in [2.45, 2.75) is 13.2 Å². The lowest BCUT2D eigenvalue weighted by Crippen LogP contribution is -2.14. The molecule has 3 nitrogen and oxygen atoms in total. The van der Waals surface area contributed by atoms with Gasteiger partial charge in [-0.25, -0.2) is 0 Å². The Hall–Kier alpha value is -2.23. The van der Waals surface area contributed by atoms with Crippen LogP contribution in [-0.2, 0) is 18.0 Å². The number of hydrogen-bond donors (Lipinski definition) is 0. The van der Waals surface area contributed by atoms with Gasteiger partial charge in [-0.2, -0.15) is 0 Å². The maximum absolute atomic E-state index is 6.18. The largest absolute Gasteiger partial charge is 0.489 e. The summed E-state index contributed by atoms with van der Waals surface area (Å²) in [6.07, 6.45) is 0. The molecule has 0 radical (unpaired) electrons. The van der Waals surface area contributed by atoms with Gasteiger partial charge in [0.2, 0.25) is 0 Å². The molecule has 0 saturated heterocycles. The van der Waals surface area contributed by atoms with Crippen LogP contribution >= 0.6 is 11.6 Å². The van der Waals surface area contributed by atoms with E-state index in [0.717, 1.165) is 28.0 Å². The van der Waals surface area contributed by atoms with Crippen LogP contribution in [0.2, 0.25) is 5.02 Å². The van der Waals surface area contributed by atoms with Crippen molar-refractivity contribution < 1.29 is 14.2 Å². The third-order valence-corrected chi connectivity index (χ3v) is 4.09. The highest BCUT2D eigenvalue weighted by Crippen LogP contribution is 2.32. The molecule has 0 spiro atoms. The van der Waals surface area contributed by atoms with Crippen LogP contribution in [0.15, 0.2) is 54.6 Å². The van der Waals surface area contributed by atoms with Crippen molar-refractivity contribution >= 4 is 22.4 Å². The van der Waals surface area contributed by atoms with Crippen molar-refractivity contribution in [3.63, 3.8) is 0 Å². The molecule has 0 atom stereocenters. The summed E-state index contributed by atoms with van der Waals surface area (Å²) in [5.74, 6) is 1.64. The van der Waals surface area contributed by atoms with E-state index in [-0.39, 0.29) is 6.79 Å². The first-order valence-corrected chi connectivity index (χ1v) is 7.81. The number of rotatable bonds is 3. The first-order valence-electron chi connectivity index (χ1n) is 7.43. The van der Waals surface area contributed by atoms with Crippen LogP contribution < -0.4 is 9.47 Å². The summed E-state index contributed by atoms with van der Waals surface area (Å²) in [7, 11) is 0. The summed E-state index contributed by atoms with van der Waals surface area (Å²) in [5.41, 5.74) is 1.89. The maximum Gasteiger partial charge on any atom is 0.189 e. The Labute approximate surface area is 139 Å². The van der Waals surface area contributed by atoms with Gasteiger partial charge in [-0.3, -0.25) is 0 Å². The SMILES string of the molecule is Clc1cc2c(c(COc3ccc4ccccc4c3)c1)OCOC2. The number of fused-ring (bicyclic) bond motifs is 2. The lowest BCUT2D eigenvalue weighted by atomic mass is 10.1. The van der Waals surface area contributed by atoms with Gasteiger partial charge in [0.25, 0.3) is 0 Å². The zero-order valence-electron chi connectivity index (χ0n) is 12.4. The zero-order chi connectivity index (χ0) is 15.6. The van der Waals surface area contributed by atoms with Crippen LogP contribution in [0.5, 0.6) is 11.5 Å². The molecule has 4 rings (SSSR count). The van der Waals surface area contributed by atoms with Crippen molar-refractivity contribution in [1.29, 1.82) is 0 Å². The summed E-state index contributed by atoms with van der Waals surface area (Å²) >= 11 is 6.18. The van der Waals surface area contributed by atoms with Crippen LogP contribution in [0.1, 0.15) is 11.1 Å². The van der Waals surface area contributed by atoms with E-state index in [9.17, 15) is 0 Å². The average molecular weight is 327 g/mol. The molecule has 1 aliphatic heterocycles. The Bertz CT molecular complexity index is 860. The highest BCUT2D eigenvalue weighted by Gasteiger charge is 2.16. The molecule has 0 aliphatic carbocycles. The molecular formula is C19H15ClO3. The van der Waals surface area contributed by atoms with E-state index < -0.39 is 0 Å². The summed E-state index contributed by atoms with van der Waals surface area (Å²) in [6, 6.07) is 18.0. The van der Waals surface area contributed by atoms with E-state index in [4.69, 9.17) is 25.8 Å². The average Bonchev–Trinajstić information content (AvgIpc) is 2.59. The summed E-state index contributed by atoms with van der Waals surface area (Å²) in [5, 5.41) is 3.01. The van der Waals surface area contributed by atoms with Crippen molar-refractivity contribution in [2.24, 2.45) is 0 Å². The van der Waals surface area contributed by atoms with Gasteiger partial charge >= 0.3 is 0 Å². The van der Waals surface area contributed by atoms with Crippen LogP contribution in [0, 0.1) is 0 Å². The van der Waals surface area contributed by atoms with Crippen molar-refractivity contribution in [3.05, 3.63) is 70.7 Å². The summed E-state index contributed by atoms with van der Waals surface area (Å²) in [6.45, 7) is 1.18. The summed E-state index contributed by atoms with van der Waals surface area (Å²) < 4.78 is 16.8. The molecular weight excluding hydrogens is 312 g/mol. The van der Waals surface area contributed by atoms with Gasteiger partial charge in [0, 0.05) is 16.1 Å². The fraction of sp³-hybridized carbons (Fsp3) is 0.158. The van der Waals surface area contributed by atoms with E-state index in [1.807, 2.05) is 36.4 Å². The monoisotopic (exact) mass is 326 g/mol. The normalized spacial score (nSPS) is 13.4. The highest BCUT2D eigenvalue weighted by atomic mass is 35.5. The smallest absolute Gasteiger partial charge is 0.189 e. The van der Waals surface area contributed by atoms with Gasteiger partial charge in [0.1, 0.15) is 18.1 Å². The van der Waals surface area contributed by atoms with E-state index in [2.05, 4.69) is 18.2 Å². The minimum atomic E-state index is 0.262. The Morgan fingerprint density at radius 3 is 2.78 bits per heavy atom. The van der Waals surface area contributed by atoms with Crippen LogP contribution in [-0.4, -0.2) is 6.79 Å². The molecule has 4 heteroatoms. The Morgan fingerprint density at radius 2 is 1.87 bits per heavy atom. The second-order valence-electron chi connectivity index (χ2n) is 5.46. The van der Waals surface area contributed by atoms with Crippen molar-refractivity contribution in [2.75, 3.05) is 6.79 Å². The predicted molar refractivity (Wildman–Crippen MR) is 90.0 cm³/mol. The second-order valence-corrected chi connectivity index (χ2v) is 5.90. The zero-order valence-corrected chi connectivity index (χ0v) is 13.2. The molecule has 3 aromatic rings. The van der Waals surface area contributed by atoms with Gasteiger partial charge in [-0.05, 0) is 35.0 Å². The molecule has 0 saturated carbocycles. The fourth-order valence-corrected chi connectivity index (χ4v) is 3.05. The predicted octanol–water partition coefficient (Wildman–Crippen LogP) is 4.94. The molecule has 0 aromatic heterocycles. The van der Waals surface area contributed by atoms with E-state index in [1.165, 1.54) is 5.39 Å². The highest BCUT2D eigenvalue weighted by molar-refractivity contribution is 6.30. The molecule has 0 unspecified atom stereocenters. The van der Waals surface area contributed by atoms with Crippen molar-refractivity contribution in [1.82, 2.24) is 0 Å². The molecule has 3 aromatic carbocycles. The minimum absolute atomic E-state index is 0.262. The number of hydrogen-bond acceptors (Lipinski definition) is 3. The summed E-state index contributed by atoms with van der Waals surface area (Å²) in [4.78, 5) is 0. The number of benzene rings is 3. The molecule has 1 heterocycles. The van der Waals surface area contributed by atoms with Gasteiger partial charge < -0.3 is 14.2 Å². The van der Waals surface area contributed by atoms with Gasteiger partial charge in [-0.15, -0.1) is 0 Å². The molecule has 0 bridgehead atoms. The molecule has 116 valence electrons.